The molecule has 0 atom stereocenters. The third-order valence-corrected chi connectivity index (χ3v) is 3.14. The number of fused-ring (bicyclic) bond motifs is 1. The molecule has 0 aliphatic heterocycles. The van der Waals surface area contributed by atoms with Gasteiger partial charge in [0, 0.05) is 30.6 Å². The van der Waals surface area contributed by atoms with E-state index in [1.54, 1.807) is 0 Å². The van der Waals surface area contributed by atoms with Gasteiger partial charge in [0.1, 0.15) is 0 Å². The second-order valence-corrected chi connectivity index (χ2v) is 4.47. The van der Waals surface area contributed by atoms with Crippen molar-refractivity contribution in [3.63, 3.8) is 0 Å². The highest BCUT2D eigenvalue weighted by atomic mass is 19.2. The Kier molecular flexibility index (Phi) is 3.10. The zero-order valence-corrected chi connectivity index (χ0v) is 10.4. The van der Waals surface area contributed by atoms with Crippen molar-refractivity contribution in [3.05, 3.63) is 65.6 Å². The van der Waals surface area contributed by atoms with E-state index in [9.17, 15) is 13.2 Å². The van der Waals surface area contributed by atoms with Crippen LogP contribution in [0.5, 0.6) is 0 Å². The lowest BCUT2D eigenvalue weighted by Gasteiger charge is -2.08. The SMILES string of the molecule is Fc1cc(NCc2cccc3cc[nH]c23)cc(F)c1F. The Balaban J connectivity index is 1.85. The third-order valence-electron chi connectivity index (χ3n) is 3.14. The second-order valence-electron chi connectivity index (χ2n) is 4.47. The highest BCUT2D eigenvalue weighted by Crippen LogP contribution is 2.20. The highest BCUT2D eigenvalue weighted by molar-refractivity contribution is 5.82. The Morgan fingerprint density at radius 2 is 1.75 bits per heavy atom. The van der Waals surface area contributed by atoms with Gasteiger partial charge in [-0.1, -0.05) is 18.2 Å². The standard InChI is InChI=1S/C15H11F3N2/c16-12-6-11(7-13(17)14(12)18)20-8-10-3-1-2-9-4-5-19-15(9)10/h1-7,19-20H,8H2. The fourth-order valence-corrected chi connectivity index (χ4v) is 2.15. The van der Waals surface area contributed by atoms with Gasteiger partial charge in [0.2, 0.25) is 0 Å². The lowest BCUT2D eigenvalue weighted by atomic mass is 10.1. The first kappa shape index (κ1) is 12.6. The molecule has 0 spiro atoms. The van der Waals surface area contributed by atoms with Crippen LogP contribution < -0.4 is 5.32 Å². The van der Waals surface area contributed by atoms with Crippen LogP contribution >= 0.6 is 0 Å². The van der Waals surface area contributed by atoms with Crippen LogP contribution in [0.2, 0.25) is 0 Å². The first-order valence-electron chi connectivity index (χ1n) is 6.08. The van der Waals surface area contributed by atoms with Gasteiger partial charge < -0.3 is 10.3 Å². The smallest absolute Gasteiger partial charge is 0.194 e. The third kappa shape index (κ3) is 2.22. The van der Waals surface area contributed by atoms with Gasteiger partial charge in [-0.15, -0.1) is 0 Å². The van der Waals surface area contributed by atoms with E-state index in [-0.39, 0.29) is 5.69 Å². The first-order valence-corrected chi connectivity index (χ1v) is 6.08. The van der Waals surface area contributed by atoms with Crippen molar-refractivity contribution in [2.45, 2.75) is 6.54 Å². The Labute approximate surface area is 113 Å². The zero-order chi connectivity index (χ0) is 14.1. The maximum atomic E-state index is 13.1. The Morgan fingerprint density at radius 1 is 1.00 bits per heavy atom. The van der Waals surface area contributed by atoms with Crippen LogP contribution in [-0.2, 0) is 6.54 Å². The van der Waals surface area contributed by atoms with E-state index in [1.807, 2.05) is 30.5 Å². The molecule has 0 radical (unpaired) electrons. The molecule has 5 heteroatoms. The first-order chi connectivity index (χ1) is 9.65. The average Bonchev–Trinajstić information content (AvgIpc) is 2.91. The number of rotatable bonds is 3. The van der Waals surface area contributed by atoms with Crippen LogP contribution in [0.25, 0.3) is 10.9 Å². The van der Waals surface area contributed by atoms with E-state index in [1.165, 1.54) is 0 Å². The molecular weight excluding hydrogens is 265 g/mol. The molecule has 2 nitrogen and oxygen atoms in total. The van der Waals surface area contributed by atoms with Crippen molar-refractivity contribution in [2.75, 3.05) is 5.32 Å². The maximum absolute atomic E-state index is 13.1. The van der Waals surface area contributed by atoms with E-state index in [4.69, 9.17) is 0 Å². The molecule has 20 heavy (non-hydrogen) atoms. The Bertz CT molecular complexity index is 742. The normalized spacial score (nSPS) is 10.9. The molecule has 0 bridgehead atoms. The number of aromatic amines is 1. The van der Waals surface area contributed by atoms with Crippen LogP contribution in [0, 0.1) is 17.5 Å². The van der Waals surface area contributed by atoms with E-state index in [0.717, 1.165) is 28.6 Å². The summed E-state index contributed by atoms with van der Waals surface area (Å²) in [5.41, 5.74) is 2.12. The Morgan fingerprint density at radius 3 is 2.50 bits per heavy atom. The molecule has 0 aliphatic carbocycles. The number of halogens is 3. The summed E-state index contributed by atoms with van der Waals surface area (Å²) < 4.78 is 39.1. The minimum atomic E-state index is -1.46. The molecule has 0 unspecified atom stereocenters. The van der Waals surface area contributed by atoms with Crippen LogP contribution in [0.4, 0.5) is 18.9 Å². The van der Waals surface area contributed by atoms with Crippen molar-refractivity contribution >= 4 is 16.6 Å². The monoisotopic (exact) mass is 276 g/mol. The molecular formula is C15H11F3N2. The van der Waals surface area contributed by atoms with Gasteiger partial charge >= 0.3 is 0 Å². The number of para-hydroxylation sites is 1. The molecule has 2 aromatic carbocycles. The van der Waals surface area contributed by atoms with Crippen LogP contribution in [-0.4, -0.2) is 4.98 Å². The lowest BCUT2D eigenvalue weighted by molar-refractivity contribution is 0.447. The van der Waals surface area contributed by atoms with Crippen molar-refractivity contribution in [3.8, 4) is 0 Å². The Hall–Kier alpha value is -2.43. The van der Waals surface area contributed by atoms with Gasteiger partial charge in [0.15, 0.2) is 17.5 Å². The summed E-state index contributed by atoms with van der Waals surface area (Å²) in [6.07, 6.45) is 1.82. The number of hydrogen-bond donors (Lipinski definition) is 2. The zero-order valence-electron chi connectivity index (χ0n) is 10.4. The van der Waals surface area contributed by atoms with Crippen molar-refractivity contribution < 1.29 is 13.2 Å². The van der Waals surface area contributed by atoms with Crippen LogP contribution in [0.15, 0.2) is 42.6 Å². The van der Waals surface area contributed by atoms with Gasteiger partial charge in [0.05, 0.1) is 5.52 Å². The molecule has 0 aliphatic rings. The summed E-state index contributed by atoms with van der Waals surface area (Å²) in [7, 11) is 0. The minimum absolute atomic E-state index is 0.199. The van der Waals surface area contributed by atoms with Gasteiger partial charge in [0.25, 0.3) is 0 Å². The molecule has 0 fully saturated rings. The van der Waals surface area contributed by atoms with E-state index in [2.05, 4.69) is 10.3 Å². The molecule has 2 N–H and O–H groups in total. The topological polar surface area (TPSA) is 27.8 Å². The van der Waals surface area contributed by atoms with Crippen LogP contribution in [0.3, 0.4) is 0 Å². The summed E-state index contributed by atoms with van der Waals surface area (Å²) in [5.74, 6) is -3.86. The number of aromatic nitrogens is 1. The summed E-state index contributed by atoms with van der Waals surface area (Å²) in [5, 5.41) is 3.94. The van der Waals surface area contributed by atoms with Gasteiger partial charge in [-0.2, -0.15) is 0 Å². The summed E-state index contributed by atoms with van der Waals surface area (Å²) in [6.45, 7) is 0.377. The molecule has 0 saturated carbocycles. The van der Waals surface area contributed by atoms with E-state index >= 15 is 0 Å². The summed E-state index contributed by atoms with van der Waals surface area (Å²) >= 11 is 0. The second kappa shape index (κ2) is 4.92. The molecule has 3 rings (SSSR count). The van der Waals surface area contributed by atoms with Crippen LogP contribution in [0.1, 0.15) is 5.56 Å². The molecule has 0 saturated heterocycles. The quantitative estimate of drug-likeness (QED) is 0.689. The van der Waals surface area contributed by atoms with E-state index in [0.29, 0.717) is 6.54 Å². The van der Waals surface area contributed by atoms with Gasteiger partial charge in [-0.25, -0.2) is 13.2 Å². The largest absolute Gasteiger partial charge is 0.381 e. The molecule has 1 heterocycles. The number of anilines is 1. The minimum Gasteiger partial charge on any atom is -0.381 e. The predicted octanol–water partition coefficient (Wildman–Crippen LogP) is 4.20. The molecule has 1 aromatic heterocycles. The molecule has 0 amide bonds. The fourth-order valence-electron chi connectivity index (χ4n) is 2.15. The number of H-pyrrole nitrogens is 1. The van der Waals surface area contributed by atoms with Crippen molar-refractivity contribution in [2.24, 2.45) is 0 Å². The lowest BCUT2D eigenvalue weighted by Crippen LogP contribution is -2.02. The fraction of sp³-hybridized carbons (Fsp3) is 0.0667. The number of hydrogen-bond acceptors (Lipinski definition) is 1. The molecule has 3 aromatic rings. The summed E-state index contributed by atoms with van der Waals surface area (Å²) in [4.78, 5) is 3.11. The maximum Gasteiger partial charge on any atom is 0.194 e. The summed E-state index contributed by atoms with van der Waals surface area (Å²) in [6, 6.07) is 9.59. The highest BCUT2D eigenvalue weighted by Gasteiger charge is 2.10. The van der Waals surface area contributed by atoms with Gasteiger partial charge in [-0.05, 0) is 17.0 Å². The average molecular weight is 276 g/mol. The van der Waals surface area contributed by atoms with Crippen molar-refractivity contribution in [1.82, 2.24) is 4.98 Å². The van der Waals surface area contributed by atoms with Crippen molar-refractivity contribution in [1.29, 1.82) is 0 Å². The van der Waals surface area contributed by atoms with Gasteiger partial charge in [-0.3, -0.25) is 0 Å². The van der Waals surface area contributed by atoms with E-state index < -0.39 is 17.5 Å². The predicted molar refractivity (Wildman–Crippen MR) is 71.9 cm³/mol. The number of benzene rings is 2. The molecule has 102 valence electrons. The number of nitrogens with one attached hydrogen (secondary N) is 2.